The van der Waals surface area contributed by atoms with E-state index in [1.165, 1.54) is 4.90 Å². The number of para-hydroxylation sites is 1. The van der Waals surface area contributed by atoms with E-state index in [9.17, 15) is 14.4 Å². The normalized spacial score (nSPS) is 21.7. The Morgan fingerprint density at radius 2 is 1.74 bits per heavy atom. The number of amides is 3. The van der Waals surface area contributed by atoms with E-state index in [4.69, 9.17) is 0 Å². The van der Waals surface area contributed by atoms with Crippen LogP contribution in [0.15, 0.2) is 66.2 Å². The summed E-state index contributed by atoms with van der Waals surface area (Å²) < 4.78 is 0. The lowest BCUT2D eigenvalue weighted by Crippen LogP contribution is -2.31. The molecule has 5 heteroatoms. The molecule has 136 valence electrons. The van der Waals surface area contributed by atoms with Crippen molar-refractivity contribution in [1.29, 1.82) is 0 Å². The predicted octanol–water partition coefficient (Wildman–Crippen LogP) is 3.78. The molecule has 0 saturated carbocycles. The number of anilines is 2. The van der Waals surface area contributed by atoms with Gasteiger partial charge in [0.05, 0.1) is 17.5 Å². The van der Waals surface area contributed by atoms with Gasteiger partial charge in [0.2, 0.25) is 11.8 Å². The van der Waals surface area contributed by atoms with Gasteiger partial charge in [0.1, 0.15) is 0 Å². The number of imide groups is 1. The van der Waals surface area contributed by atoms with Crippen LogP contribution in [0.5, 0.6) is 0 Å². The number of carbonyl (C=O) groups is 3. The molecular formula is C22H20N2O3. The molecule has 3 amide bonds. The third-order valence-corrected chi connectivity index (χ3v) is 5.22. The number of rotatable bonds is 3. The van der Waals surface area contributed by atoms with Gasteiger partial charge in [-0.3, -0.25) is 19.3 Å². The molecule has 0 radical (unpaired) electrons. The summed E-state index contributed by atoms with van der Waals surface area (Å²) in [6.45, 7) is 1.99. The molecule has 2 aromatic carbocycles. The standard InChI is InChI=1S/C22H20N2O3/c1-14-10-11-18-19(12-14)22(27)24(21(18)26)17-9-5-6-15(13-17)20(25)23-16-7-3-2-4-8-16/h2-10,13,18-19H,11-12H2,1H3,(H,23,25)/t18-,19-/m0/s1. The Bertz CT molecular complexity index is 949. The van der Waals surface area contributed by atoms with Crippen LogP contribution in [0.25, 0.3) is 0 Å². The maximum atomic E-state index is 12.8. The summed E-state index contributed by atoms with van der Waals surface area (Å²) >= 11 is 0. The van der Waals surface area contributed by atoms with Crippen LogP contribution in [-0.4, -0.2) is 17.7 Å². The van der Waals surface area contributed by atoms with E-state index < -0.39 is 0 Å². The van der Waals surface area contributed by atoms with Gasteiger partial charge in [-0.25, -0.2) is 0 Å². The minimum atomic E-state index is -0.289. The van der Waals surface area contributed by atoms with E-state index in [-0.39, 0.29) is 29.6 Å². The number of nitrogens with zero attached hydrogens (tertiary/aromatic N) is 1. The molecule has 1 N–H and O–H groups in total. The fraction of sp³-hybridized carbons (Fsp3) is 0.227. The third kappa shape index (κ3) is 3.16. The SMILES string of the molecule is CC1=CC[C@@H]2C(=O)N(c3cccc(C(=O)Nc4ccccc4)c3)C(=O)[C@H]2C1. The van der Waals surface area contributed by atoms with Gasteiger partial charge in [0.15, 0.2) is 0 Å². The van der Waals surface area contributed by atoms with Crippen LogP contribution >= 0.6 is 0 Å². The molecule has 1 saturated heterocycles. The maximum Gasteiger partial charge on any atom is 0.255 e. The first kappa shape index (κ1) is 17.2. The Balaban J connectivity index is 1.59. The highest BCUT2D eigenvalue weighted by Gasteiger charge is 2.48. The Morgan fingerprint density at radius 1 is 1.00 bits per heavy atom. The van der Waals surface area contributed by atoms with Crippen molar-refractivity contribution in [2.45, 2.75) is 19.8 Å². The molecule has 2 aliphatic rings. The van der Waals surface area contributed by atoms with Crippen LogP contribution in [-0.2, 0) is 9.59 Å². The molecule has 0 bridgehead atoms. The fourth-order valence-corrected chi connectivity index (χ4v) is 3.80. The Kier molecular flexibility index (Phi) is 4.36. The Hall–Kier alpha value is -3.21. The van der Waals surface area contributed by atoms with E-state index in [2.05, 4.69) is 5.32 Å². The second kappa shape index (κ2) is 6.83. The molecule has 0 spiro atoms. The summed E-state index contributed by atoms with van der Waals surface area (Å²) in [5, 5.41) is 2.82. The van der Waals surface area contributed by atoms with Gasteiger partial charge in [0.25, 0.3) is 5.91 Å². The van der Waals surface area contributed by atoms with Crippen molar-refractivity contribution in [3.63, 3.8) is 0 Å². The molecule has 1 aliphatic heterocycles. The number of hydrogen-bond donors (Lipinski definition) is 1. The van der Waals surface area contributed by atoms with Crippen LogP contribution in [0.1, 0.15) is 30.1 Å². The van der Waals surface area contributed by atoms with Crippen LogP contribution in [0.4, 0.5) is 11.4 Å². The summed E-state index contributed by atoms with van der Waals surface area (Å²) in [5.74, 6) is -1.20. The highest BCUT2D eigenvalue weighted by molar-refractivity contribution is 6.22. The van der Waals surface area contributed by atoms with Gasteiger partial charge in [-0.2, -0.15) is 0 Å². The second-order valence-corrected chi connectivity index (χ2v) is 7.09. The molecule has 0 unspecified atom stereocenters. The monoisotopic (exact) mass is 360 g/mol. The second-order valence-electron chi connectivity index (χ2n) is 7.09. The van der Waals surface area contributed by atoms with Crippen LogP contribution in [0.3, 0.4) is 0 Å². The lowest BCUT2D eigenvalue weighted by Gasteiger charge is -2.18. The number of allylic oxidation sites excluding steroid dienone is 2. The van der Waals surface area contributed by atoms with Crippen molar-refractivity contribution in [2.24, 2.45) is 11.8 Å². The molecule has 5 nitrogen and oxygen atoms in total. The van der Waals surface area contributed by atoms with Gasteiger partial charge in [-0.1, -0.05) is 35.9 Å². The fourth-order valence-electron chi connectivity index (χ4n) is 3.80. The zero-order chi connectivity index (χ0) is 19.0. The molecule has 4 rings (SSSR count). The van der Waals surface area contributed by atoms with Gasteiger partial charge in [0, 0.05) is 11.3 Å². The summed E-state index contributed by atoms with van der Waals surface area (Å²) in [4.78, 5) is 39.4. The highest BCUT2D eigenvalue weighted by atomic mass is 16.2. The summed E-state index contributed by atoms with van der Waals surface area (Å²) in [6, 6.07) is 15.8. The molecular weight excluding hydrogens is 340 g/mol. The van der Waals surface area contributed by atoms with Gasteiger partial charge in [-0.05, 0) is 50.1 Å². The lowest BCUT2D eigenvalue weighted by atomic mass is 9.82. The summed E-state index contributed by atoms with van der Waals surface area (Å²) in [7, 11) is 0. The molecule has 2 atom stereocenters. The van der Waals surface area contributed by atoms with Gasteiger partial charge in [-0.15, -0.1) is 0 Å². The number of fused-ring (bicyclic) bond motifs is 1. The van der Waals surface area contributed by atoms with Crippen LogP contribution in [0, 0.1) is 11.8 Å². The molecule has 1 heterocycles. The van der Waals surface area contributed by atoms with Crippen molar-refractivity contribution in [3.8, 4) is 0 Å². The first-order valence-electron chi connectivity index (χ1n) is 9.04. The quantitative estimate of drug-likeness (QED) is 0.669. The molecule has 1 fully saturated rings. The topological polar surface area (TPSA) is 66.5 Å². The average Bonchev–Trinajstić information content (AvgIpc) is 2.92. The zero-order valence-corrected chi connectivity index (χ0v) is 15.0. The van der Waals surface area contributed by atoms with Gasteiger partial charge >= 0.3 is 0 Å². The third-order valence-electron chi connectivity index (χ3n) is 5.22. The van der Waals surface area contributed by atoms with E-state index in [0.29, 0.717) is 29.8 Å². The Morgan fingerprint density at radius 3 is 2.52 bits per heavy atom. The minimum absolute atomic E-state index is 0.168. The van der Waals surface area contributed by atoms with Crippen molar-refractivity contribution >= 4 is 29.1 Å². The van der Waals surface area contributed by atoms with Crippen molar-refractivity contribution in [1.82, 2.24) is 0 Å². The predicted molar refractivity (Wildman–Crippen MR) is 103 cm³/mol. The minimum Gasteiger partial charge on any atom is -0.322 e. The van der Waals surface area contributed by atoms with Crippen LogP contribution in [0.2, 0.25) is 0 Å². The molecule has 1 aliphatic carbocycles. The van der Waals surface area contributed by atoms with Crippen molar-refractivity contribution < 1.29 is 14.4 Å². The van der Waals surface area contributed by atoms with Crippen molar-refractivity contribution in [3.05, 3.63) is 71.8 Å². The van der Waals surface area contributed by atoms with E-state index in [1.807, 2.05) is 31.2 Å². The highest BCUT2D eigenvalue weighted by Crippen LogP contribution is 2.39. The molecule has 2 aromatic rings. The van der Waals surface area contributed by atoms with E-state index in [1.54, 1.807) is 36.4 Å². The molecule has 0 aromatic heterocycles. The number of nitrogens with one attached hydrogen (secondary N) is 1. The van der Waals surface area contributed by atoms with E-state index in [0.717, 1.165) is 5.57 Å². The molecule has 27 heavy (non-hydrogen) atoms. The number of carbonyl (C=O) groups excluding carboxylic acids is 3. The maximum absolute atomic E-state index is 12.8. The van der Waals surface area contributed by atoms with E-state index >= 15 is 0 Å². The largest absolute Gasteiger partial charge is 0.322 e. The first-order valence-corrected chi connectivity index (χ1v) is 9.04. The first-order chi connectivity index (χ1) is 13.0. The zero-order valence-electron chi connectivity index (χ0n) is 15.0. The van der Waals surface area contributed by atoms with Gasteiger partial charge < -0.3 is 5.32 Å². The van der Waals surface area contributed by atoms with Crippen molar-refractivity contribution in [2.75, 3.05) is 10.2 Å². The lowest BCUT2D eigenvalue weighted by molar-refractivity contribution is -0.122. The summed E-state index contributed by atoms with van der Waals surface area (Å²) in [6.07, 6.45) is 3.27. The number of benzene rings is 2. The Labute approximate surface area is 157 Å². The average molecular weight is 360 g/mol. The smallest absolute Gasteiger partial charge is 0.255 e. The van der Waals surface area contributed by atoms with Crippen LogP contribution < -0.4 is 10.2 Å². The number of hydrogen-bond acceptors (Lipinski definition) is 3. The summed E-state index contributed by atoms with van der Waals surface area (Å²) in [5.41, 5.74) is 2.70.